The number of carboxylic acid groups (broad SMARTS) is 1. The molecule has 262 valence electrons. The van der Waals surface area contributed by atoms with Crippen LogP contribution in [-0.2, 0) is 49.6 Å². The summed E-state index contributed by atoms with van der Waals surface area (Å²) in [6.45, 7) is 2.73. The molecule has 1 aromatic heterocycles. The van der Waals surface area contributed by atoms with Crippen LogP contribution in [0.3, 0.4) is 0 Å². The van der Waals surface area contributed by atoms with Gasteiger partial charge in [-0.1, -0.05) is 11.2 Å². The van der Waals surface area contributed by atoms with Crippen LogP contribution in [0.1, 0.15) is 78.8 Å². The zero-order chi connectivity index (χ0) is 34.6. The van der Waals surface area contributed by atoms with E-state index in [0.717, 1.165) is 60.1 Å². The van der Waals surface area contributed by atoms with Crippen LogP contribution in [0, 0.1) is 11.8 Å². The molecule has 0 atom stereocenters. The Morgan fingerprint density at radius 1 is 0.896 bits per heavy atom. The highest BCUT2D eigenvalue weighted by Crippen LogP contribution is 2.38. The standard InChI is InChI=1S/C33H40F6N6O3/c1-2-43(18-21-7-9-23(10-8-21)30(47)48)29-16-25-6-4-3-5-24(25)15-26(29)20-44(31-40-42-45(41-31)11-12-46)19-22-13-27(32(34,35)36)17-28(14-22)33(37,38)39/h13-17,21,23,46H,2-12,18-20H2,1H3,(H,47,48)/t21-,23-. The van der Waals surface area contributed by atoms with E-state index < -0.39 is 29.4 Å². The van der Waals surface area contributed by atoms with Crippen molar-refractivity contribution in [2.75, 3.05) is 29.5 Å². The molecule has 0 aliphatic heterocycles. The smallest absolute Gasteiger partial charge is 0.416 e. The van der Waals surface area contributed by atoms with E-state index in [9.17, 15) is 41.4 Å². The quantitative estimate of drug-likeness (QED) is 0.209. The molecule has 3 aromatic rings. The summed E-state index contributed by atoms with van der Waals surface area (Å²) in [5, 5.41) is 31.1. The molecule has 2 aromatic carbocycles. The number of nitrogens with zero attached hydrogens (tertiary/aromatic N) is 6. The van der Waals surface area contributed by atoms with E-state index >= 15 is 0 Å². The number of hydrogen-bond acceptors (Lipinski definition) is 7. The van der Waals surface area contributed by atoms with Crippen molar-refractivity contribution in [2.45, 2.75) is 90.3 Å². The molecule has 2 aliphatic carbocycles. The summed E-state index contributed by atoms with van der Waals surface area (Å²) in [5.74, 6) is -0.852. The lowest BCUT2D eigenvalue weighted by atomic mass is 9.81. The molecule has 0 amide bonds. The summed E-state index contributed by atoms with van der Waals surface area (Å²) in [6.07, 6.45) is -3.46. The van der Waals surface area contributed by atoms with Crippen LogP contribution in [-0.4, -0.2) is 56.1 Å². The Labute approximate surface area is 274 Å². The maximum atomic E-state index is 13.7. The number of halogens is 6. The lowest BCUT2D eigenvalue weighted by molar-refractivity contribution is -0.144. The van der Waals surface area contributed by atoms with E-state index in [-0.39, 0.29) is 55.7 Å². The fourth-order valence-corrected chi connectivity index (χ4v) is 6.83. The number of aryl methyl sites for hydroxylation is 2. The van der Waals surface area contributed by atoms with Crippen molar-refractivity contribution in [3.63, 3.8) is 0 Å². The minimum Gasteiger partial charge on any atom is -0.481 e. The van der Waals surface area contributed by atoms with Gasteiger partial charge in [0.2, 0.25) is 0 Å². The molecule has 0 saturated heterocycles. The number of anilines is 2. The maximum absolute atomic E-state index is 13.7. The molecule has 5 rings (SSSR count). The summed E-state index contributed by atoms with van der Waals surface area (Å²) < 4.78 is 82.5. The number of tetrazole rings is 1. The lowest BCUT2D eigenvalue weighted by Gasteiger charge is -2.35. The van der Waals surface area contributed by atoms with Crippen molar-refractivity contribution in [2.24, 2.45) is 11.8 Å². The number of aromatic nitrogens is 4. The fraction of sp³-hybridized carbons (Fsp3) is 0.576. The lowest BCUT2D eigenvalue weighted by Crippen LogP contribution is -2.34. The molecule has 0 bridgehead atoms. The van der Waals surface area contributed by atoms with E-state index in [2.05, 4.69) is 32.4 Å². The molecule has 15 heteroatoms. The number of hydrogen-bond donors (Lipinski definition) is 2. The van der Waals surface area contributed by atoms with Gasteiger partial charge in [-0.3, -0.25) is 4.79 Å². The Balaban J connectivity index is 1.53. The number of carbonyl (C=O) groups is 1. The number of aliphatic hydroxyl groups excluding tert-OH is 1. The SMILES string of the molecule is CCN(C[C@H]1CC[C@H](C(=O)O)CC1)c1cc2c(cc1CN(Cc1cc(C(F)(F)F)cc(C(F)(F)F)c1)c1nnn(CCO)n1)CCCC2. The van der Waals surface area contributed by atoms with Gasteiger partial charge in [0.15, 0.2) is 0 Å². The second-order valence-electron chi connectivity index (χ2n) is 12.7. The number of aliphatic hydroxyl groups is 1. The molecule has 0 radical (unpaired) electrons. The van der Waals surface area contributed by atoms with E-state index in [1.807, 2.05) is 6.92 Å². The van der Waals surface area contributed by atoms with Gasteiger partial charge in [-0.05, 0) is 116 Å². The molecule has 2 aliphatic rings. The van der Waals surface area contributed by atoms with Gasteiger partial charge in [-0.15, -0.1) is 5.10 Å². The summed E-state index contributed by atoms with van der Waals surface area (Å²) in [5.41, 5.74) is 1.04. The zero-order valence-electron chi connectivity index (χ0n) is 26.7. The van der Waals surface area contributed by atoms with Crippen molar-refractivity contribution >= 4 is 17.6 Å². The summed E-state index contributed by atoms with van der Waals surface area (Å²) in [6, 6.07) is 5.75. The predicted octanol–water partition coefficient (Wildman–Crippen LogP) is 6.51. The Hall–Kier alpha value is -3.88. The second kappa shape index (κ2) is 14.7. The van der Waals surface area contributed by atoms with Gasteiger partial charge in [0.1, 0.15) is 0 Å². The van der Waals surface area contributed by atoms with E-state index in [0.29, 0.717) is 38.1 Å². The highest BCUT2D eigenvalue weighted by atomic mass is 19.4. The first-order chi connectivity index (χ1) is 22.7. The van der Waals surface area contributed by atoms with Gasteiger partial charge >= 0.3 is 18.3 Å². The van der Waals surface area contributed by atoms with E-state index in [1.165, 1.54) is 10.5 Å². The van der Waals surface area contributed by atoms with Crippen molar-refractivity contribution in [3.05, 3.63) is 63.7 Å². The molecule has 9 nitrogen and oxygen atoms in total. The van der Waals surface area contributed by atoms with Crippen molar-refractivity contribution in [3.8, 4) is 0 Å². The third-order valence-electron chi connectivity index (χ3n) is 9.35. The fourth-order valence-electron chi connectivity index (χ4n) is 6.83. The van der Waals surface area contributed by atoms with Crippen molar-refractivity contribution in [1.29, 1.82) is 0 Å². The molecule has 1 heterocycles. The molecule has 2 N–H and O–H groups in total. The topological polar surface area (TPSA) is 108 Å². The Bertz CT molecular complexity index is 1540. The van der Waals surface area contributed by atoms with Gasteiger partial charge in [0.05, 0.1) is 30.2 Å². The molecule has 1 fully saturated rings. The molecule has 0 spiro atoms. The predicted molar refractivity (Wildman–Crippen MR) is 165 cm³/mol. The Kier molecular flexibility index (Phi) is 10.9. The summed E-state index contributed by atoms with van der Waals surface area (Å²) >= 11 is 0. The second-order valence-corrected chi connectivity index (χ2v) is 12.7. The van der Waals surface area contributed by atoms with Gasteiger partial charge < -0.3 is 20.0 Å². The Morgan fingerprint density at radius 3 is 2.08 bits per heavy atom. The van der Waals surface area contributed by atoms with E-state index in [1.54, 1.807) is 0 Å². The monoisotopic (exact) mass is 682 g/mol. The normalized spacial score (nSPS) is 18.4. The number of carboxylic acids is 1. The molecular formula is C33H40F6N6O3. The molecule has 0 unspecified atom stereocenters. The highest BCUT2D eigenvalue weighted by molar-refractivity contribution is 5.70. The van der Waals surface area contributed by atoms with Gasteiger partial charge in [-0.25, -0.2) is 0 Å². The van der Waals surface area contributed by atoms with Gasteiger partial charge in [0, 0.05) is 31.9 Å². The van der Waals surface area contributed by atoms with Crippen LogP contribution in [0.2, 0.25) is 0 Å². The zero-order valence-corrected chi connectivity index (χ0v) is 26.7. The third kappa shape index (κ3) is 8.58. The third-order valence-corrected chi connectivity index (χ3v) is 9.35. The van der Waals surface area contributed by atoms with E-state index in [4.69, 9.17) is 0 Å². The number of aliphatic carboxylic acids is 1. The number of fused-ring (bicyclic) bond motifs is 1. The number of alkyl halides is 6. The number of benzene rings is 2. The van der Waals surface area contributed by atoms with Crippen LogP contribution in [0.4, 0.5) is 38.0 Å². The minimum atomic E-state index is -5.00. The van der Waals surface area contributed by atoms with Crippen molar-refractivity contribution < 1.29 is 41.4 Å². The van der Waals surface area contributed by atoms with Crippen LogP contribution in [0.5, 0.6) is 0 Å². The first kappa shape index (κ1) is 35.4. The van der Waals surface area contributed by atoms with Gasteiger partial charge in [-0.2, -0.15) is 31.1 Å². The molecular weight excluding hydrogens is 642 g/mol. The largest absolute Gasteiger partial charge is 0.481 e. The number of rotatable bonds is 12. The average molecular weight is 683 g/mol. The Morgan fingerprint density at radius 2 is 1.52 bits per heavy atom. The highest BCUT2D eigenvalue weighted by Gasteiger charge is 2.37. The first-order valence-corrected chi connectivity index (χ1v) is 16.3. The van der Waals surface area contributed by atoms with Crippen LogP contribution in [0.15, 0.2) is 30.3 Å². The summed E-state index contributed by atoms with van der Waals surface area (Å²) in [7, 11) is 0. The first-order valence-electron chi connectivity index (χ1n) is 16.3. The van der Waals surface area contributed by atoms with Crippen LogP contribution in [0.25, 0.3) is 0 Å². The average Bonchev–Trinajstić information content (AvgIpc) is 3.51. The van der Waals surface area contributed by atoms with Crippen molar-refractivity contribution in [1.82, 2.24) is 20.2 Å². The molecule has 48 heavy (non-hydrogen) atoms. The van der Waals surface area contributed by atoms with Gasteiger partial charge in [0.25, 0.3) is 5.95 Å². The molecule has 1 saturated carbocycles. The van der Waals surface area contributed by atoms with Crippen LogP contribution < -0.4 is 9.80 Å². The minimum absolute atomic E-state index is 0.000449. The van der Waals surface area contributed by atoms with Crippen LogP contribution >= 0.6 is 0 Å². The summed E-state index contributed by atoms with van der Waals surface area (Å²) in [4.78, 5) is 16.4. The maximum Gasteiger partial charge on any atom is 0.416 e.